The first kappa shape index (κ1) is 15.9. The summed E-state index contributed by atoms with van der Waals surface area (Å²) in [5.41, 5.74) is 0.772. The molecular weight excluding hydrogens is 294 g/mol. The molecule has 2 unspecified atom stereocenters. The molecule has 0 aliphatic carbocycles. The number of halogens is 1. The van der Waals surface area contributed by atoms with Gasteiger partial charge in [0.1, 0.15) is 0 Å². The standard InChI is InChI=1S/C15H20ClNO4/c1-8(2)21-14-12(20-3)5-4-10(16)13(14)11-6-9(7-17-11)15(18)19/h4-5,8-9,11,17H,6-7H2,1-3H3,(H,18,19). The fourth-order valence-electron chi connectivity index (χ4n) is 2.54. The molecule has 2 atom stereocenters. The minimum Gasteiger partial charge on any atom is -0.493 e. The summed E-state index contributed by atoms with van der Waals surface area (Å²) < 4.78 is 11.2. The maximum Gasteiger partial charge on any atom is 0.307 e. The third kappa shape index (κ3) is 3.41. The predicted molar refractivity (Wildman–Crippen MR) is 80.3 cm³/mol. The number of carboxylic acid groups (broad SMARTS) is 1. The van der Waals surface area contributed by atoms with Crippen LogP contribution in [0.15, 0.2) is 12.1 Å². The molecule has 116 valence electrons. The number of ether oxygens (including phenoxy) is 2. The summed E-state index contributed by atoms with van der Waals surface area (Å²) in [6.07, 6.45) is 0.448. The number of hydrogen-bond acceptors (Lipinski definition) is 4. The normalized spacial score (nSPS) is 21.6. The van der Waals surface area contributed by atoms with E-state index in [1.165, 1.54) is 0 Å². The summed E-state index contributed by atoms with van der Waals surface area (Å²) in [5, 5.41) is 12.9. The van der Waals surface area contributed by atoms with Crippen molar-refractivity contribution < 1.29 is 19.4 Å². The maximum absolute atomic E-state index is 11.1. The molecule has 6 heteroatoms. The van der Waals surface area contributed by atoms with Crippen LogP contribution in [0.25, 0.3) is 0 Å². The lowest BCUT2D eigenvalue weighted by Crippen LogP contribution is -2.18. The monoisotopic (exact) mass is 313 g/mol. The van der Waals surface area contributed by atoms with Crippen molar-refractivity contribution in [3.8, 4) is 11.5 Å². The number of aliphatic carboxylic acids is 1. The van der Waals surface area contributed by atoms with E-state index < -0.39 is 11.9 Å². The Kier molecular flexibility index (Phi) is 4.96. The van der Waals surface area contributed by atoms with Crippen molar-refractivity contribution in [2.75, 3.05) is 13.7 Å². The lowest BCUT2D eigenvalue weighted by molar-refractivity contribution is -0.141. The zero-order chi connectivity index (χ0) is 15.6. The SMILES string of the molecule is COc1ccc(Cl)c(C2CC(C(=O)O)CN2)c1OC(C)C. The van der Waals surface area contributed by atoms with Gasteiger partial charge in [0.2, 0.25) is 0 Å². The van der Waals surface area contributed by atoms with E-state index >= 15 is 0 Å². The molecule has 1 aromatic carbocycles. The highest BCUT2D eigenvalue weighted by Crippen LogP contribution is 2.43. The molecule has 1 saturated heterocycles. The fourth-order valence-corrected chi connectivity index (χ4v) is 2.82. The number of rotatable bonds is 5. The molecule has 2 rings (SSSR count). The molecule has 0 bridgehead atoms. The number of benzene rings is 1. The van der Waals surface area contributed by atoms with Gasteiger partial charge >= 0.3 is 5.97 Å². The average Bonchev–Trinajstić information content (AvgIpc) is 2.88. The van der Waals surface area contributed by atoms with E-state index in [1.54, 1.807) is 19.2 Å². The Morgan fingerprint density at radius 3 is 2.71 bits per heavy atom. The van der Waals surface area contributed by atoms with Gasteiger partial charge in [0.25, 0.3) is 0 Å². The van der Waals surface area contributed by atoms with E-state index in [9.17, 15) is 4.79 Å². The van der Waals surface area contributed by atoms with Gasteiger partial charge in [-0.25, -0.2) is 0 Å². The van der Waals surface area contributed by atoms with Gasteiger partial charge < -0.3 is 19.9 Å². The Balaban J connectivity index is 2.39. The molecule has 21 heavy (non-hydrogen) atoms. The van der Waals surface area contributed by atoms with Gasteiger partial charge in [-0.1, -0.05) is 11.6 Å². The molecule has 0 radical (unpaired) electrons. The first-order chi connectivity index (χ1) is 9.93. The van der Waals surface area contributed by atoms with Crippen LogP contribution in [0.4, 0.5) is 0 Å². The Morgan fingerprint density at radius 2 is 2.19 bits per heavy atom. The Morgan fingerprint density at radius 1 is 1.48 bits per heavy atom. The molecule has 0 amide bonds. The summed E-state index contributed by atoms with van der Waals surface area (Å²) >= 11 is 6.33. The molecule has 2 N–H and O–H groups in total. The van der Waals surface area contributed by atoms with Crippen molar-refractivity contribution in [1.82, 2.24) is 5.32 Å². The average molecular weight is 314 g/mol. The topological polar surface area (TPSA) is 67.8 Å². The highest BCUT2D eigenvalue weighted by Gasteiger charge is 2.34. The first-order valence-electron chi connectivity index (χ1n) is 6.93. The number of nitrogens with one attached hydrogen (secondary N) is 1. The lowest BCUT2D eigenvalue weighted by Gasteiger charge is -2.22. The van der Waals surface area contributed by atoms with Gasteiger partial charge in [0, 0.05) is 23.2 Å². The highest BCUT2D eigenvalue weighted by molar-refractivity contribution is 6.31. The first-order valence-corrected chi connectivity index (χ1v) is 7.31. The maximum atomic E-state index is 11.1. The molecule has 1 heterocycles. The number of carboxylic acids is 1. The summed E-state index contributed by atoms with van der Waals surface area (Å²) in [5.74, 6) is -0.0215. The molecule has 1 fully saturated rings. The molecule has 0 aromatic heterocycles. The van der Waals surface area contributed by atoms with Gasteiger partial charge in [-0.3, -0.25) is 4.79 Å². The highest BCUT2D eigenvalue weighted by atomic mass is 35.5. The summed E-state index contributed by atoms with van der Waals surface area (Å²) in [7, 11) is 1.57. The summed E-state index contributed by atoms with van der Waals surface area (Å²) in [6.45, 7) is 4.27. The zero-order valence-electron chi connectivity index (χ0n) is 12.4. The van der Waals surface area contributed by atoms with E-state index in [-0.39, 0.29) is 12.1 Å². The molecule has 1 aliphatic rings. The molecule has 0 saturated carbocycles. The van der Waals surface area contributed by atoms with E-state index in [1.807, 2.05) is 13.8 Å². The molecule has 1 aliphatic heterocycles. The van der Waals surface area contributed by atoms with Crippen LogP contribution in [0.5, 0.6) is 11.5 Å². The Hall–Kier alpha value is -1.46. The van der Waals surface area contributed by atoms with Crippen LogP contribution < -0.4 is 14.8 Å². The quantitative estimate of drug-likeness (QED) is 0.875. The van der Waals surface area contributed by atoms with Crippen molar-refractivity contribution in [2.45, 2.75) is 32.4 Å². The van der Waals surface area contributed by atoms with Crippen LogP contribution in [-0.2, 0) is 4.79 Å². The fraction of sp³-hybridized carbons (Fsp3) is 0.533. The van der Waals surface area contributed by atoms with E-state index in [4.69, 9.17) is 26.2 Å². The molecule has 0 spiro atoms. The van der Waals surface area contributed by atoms with Crippen LogP contribution >= 0.6 is 11.6 Å². The summed E-state index contributed by atoms with van der Waals surface area (Å²) in [4.78, 5) is 11.1. The third-order valence-electron chi connectivity index (χ3n) is 3.51. The minimum atomic E-state index is -0.796. The van der Waals surface area contributed by atoms with Crippen LogP contribution in [0.3, 0.4) is 0 Å². The lowest BCUT2D eigenvalue weighted by atomic mass is 9.99. The predicted octanol–water partition coefficient (Wildman–Crippen LogP) is 2.87. The van der Waals surface area contributed by atoms with Gasteiger partial charge in [-0.2, -0.15) is 0 Å². The second-order valence-corrected chi connectivity index (χ2v) is 5.80. The molecular formula is C15H20ClNO4. The van der Waals surface area contributed by atoms with Crippen molar-refractivity contribution in [2.24, 2.45) is 5.92 Å². The third-order valence-corrected chi connectivity index (χ3v) is 3.84. The van der Waals surface area contributed by atoms with Crippen LogP contribution in [0, 0.1) is 5.92 Å². The number of carbonyl (C=O) groups is 1. The smallest absolute Gasteiger partial charge is 0.307 e. The summed E-state index contributed by atoms with van der Waals surface area (Å²) in [6, 6.07) is 3.36. The van der Waals surface area contributed by atoms with Crippen molar-refractivity contribution >= 4 is 17.6 Å². The second-order valence-electron chi connectivity index (χ2n) is 5.39. The Bertz CT molecular complexity index is 533. The minimum absolute atomic E-state index is 0.0345. The van der Waals surface area contributed by atoms with Gasteiger partial charge in [0.15, 0.2) is 11.5 Å². The van der Waals surface area contributed by atoms with Crippen LogP contribution in [0.2, 0.25) is 5.02 Å². The second kappa shape index (κ2) is 6.54. The largest absolute Gasteiger partial charge is 0.493 e. The van der Waals surface area contributed by atoms with E-state index in [0.29, 0.717) is 29.5 Å². The van der Waals surface area contributed by atoms with Crippen LogP contribution in [0.1, 0.15) is 31.9 Å². The van der Waals surface area contributed by atoms with Crippen molar-refractivity contribution in [3.05, 3.63) is 22.7 Å². The molecule has 1 aromatic rings. The molecule has 5 nitrogen and oxygen atoms in total. The van der Waals surface area contributed by atoms with Crippen molar-refractivity contribution in [3.63, 3.8) is 0 Å². The van der Waals surface area contributed by atoms with E-state index in [2.05, 4.69) is 5.32 Å². The Labute approximate surface area is 129 Å². The number of methoxy groups -OCH3 is 1. The van der Waals surface area contributed by atoms with Crippen LogP contribution in [-0.4, -0.2) is 30.8 Å². The zero-order valence-corrected chi connectivity index (χ0v) is 13.1. The van der Waals surface area contributed by atoms with Gasteiger partial charge in [-0.05, 0) is 32.4 Å². The number of hydrogen-bond donors (Lipinski definition) is 2. The van der Waals surface area contributed by atoms with Gasteiger partial charge in [-0.15, -0.1) is 0 Å². The van der Waals surface area contributed by atoms with Gasteiger partial charge in [0.05, 0.1) is 19.1 Å². The van der Waals surface area contributed by atoms with E-state index in [0.717, 1.165) is 5.56 Å². The van der Waals surface area contributed by atoms with Crippen molar-refractivity contribution in [1.29, 1.82) is 0 Å².